The van der Waals surface area contributed by atoms with Gasteiger partial charge in [0.15, 0.2) is 0 Å². The number of aromatic nitrogens is 2. The molecule has 0 fully saturated rings. The van der Waals surface area contributed by atoms with Gasteiger partial charge in [-0.15, -0.1) is 0 Å². The number of carbonyl (C=O) groups excluding carboxylic acids is 1. The lowest BCUT2D eigenvalue weighted by Crippen LogP contribution is -2.23. The first-order valence-electron chi connectivity index (χ1n) is 5.05. The van der Waals surface area contributed by atoms with Crippen LogP contribution in [0.5, 0.6) is 0 Å². The first-order chi connectivity index (χ1) is 8.25. The third-order valence-corrected chi connectivity index (χ3v) is 2.14. The van der Waals surface area contributed by atoms with Crippen molar-refractivity contribution in [3.05, 3.63) is 59.9 Å². The van der Waals surface area contributed by atoms with E-state index in [1.807, 2.05) is 6.07 Å². The van der Waals surface area contributed by atoms with E-state index in [9.17, 15) is 9.18 Å². The van der Waals surface area contributed by atoms with E-state index in [4.69, 9.17) is 0 Å². The van der Waals surface area contributed by atoms with Gasteiger partial charge in [0.05, 0.1) is 12.2 Å². The van der Waals surface area contributed by atoms with Crippen molar-refractivity contribution in [3.63, 3.8) is 0 Å². The van der Waals surface area contributed by atoms with Crippen molar-refractivity contribution in [2.75, 3.05) is 0 Å². The van der Waals surface area contributed by atoms with Gasteiger partial charge in [-0.05, 0) is 18.2 Å². The molecule has 0 atom stereocenters. The summed E-state index contributed by atoms with van der Waals surface area (Å²) in [5.74, 6) is -1.02. The molecule has 0 saturated heterocycles. The zero-order chi connectivity index (χ0) is 12.1. The second kappa shape index (κ2) is 5.16. The topological polar surface area (TPSA) is 54.9 Å². The van der Waals surface area contributed by atoms with Gasteiger partial charge in [0.2, 0.25) is 5.95 Å². The van der Waals surface area contributed by atoms with Crippen molar-refractivity contribution in [1.82, 2.24) is 15.3 Å². The Morgan fingerprint density at radius 1 is 1.24 bits per heavy atom. The van der Waals surface area contributed by atoms with Gasteiger partial charge in [-0.3, -0.25) is 9.78 Å². The molecule has 0 radical (unpaired) electrons. The molecule has 0 aliphatic heterocycles. The molecule has 4 nitrogen and oxygen atoms in total. The maximum absolute atomic E-state index is 12.8. The number of amides is 1. The number of nitrogens with one attached hydrogen (secondary N) is 1. The predicted octanol–water partition coefficient (Wildman–Crippen LogP) is 1.55. The van der Waals surface area contributed by atoms with Gasteiger partial charge in [0.1, 0.15) is 0 Å². The average Bonchev–Trinajstić information content (AvgIpc) is 2.37. The lowest BCUT2D eigenvalue weighted by molar-refractivity contribution is 0.0949. The first-order valence-corrected chi connectivity index (χ1v) is 5.05. The normalized spacial score (nSPS) is 9.94. The second-order valence-electron chi connectivity index (χ2n) is 3.37. The van der Waals surface area contributed by atoms with Crippen LogP contribution in [-0.4, -0.2) is 15.9 Å². The molecule has 0 aliphatic rings. The van der Waals surface area contributed by atoms with Crippen LogP contribution in [0, 0.1) is 5.95 Å². The fourth-order valence-corrected chi connectivity index (χ4v) is 1.32. The van der Waals surface area contributed by atoms with Crippen LogP contribution in [0.15, 0.2) is 42.7 Å². The summed E-state index contributed by atoms with van der Waals surface area (Å²) < 4.78 is 12.8. The van der Waals surface area contributed by atoms with E-state index in [2.05, 4.69) is 15.3 Å². The van der Waals surface area contributed by atoms with Gasteiger partial charge in [-0.1, -0.05) is 6.07 Å². The Kier molecular flexibility index (Phi) is 3.40. The van der Waals surface area contributed by atoms with Crippen molar-refractivity contribution < 1.29 is 9.18 Å². The largest absolute Gasteiger partial charge is 0.346 e. The van der Waals surface area contributed by atoms with E-state index < -0.39 is 5.95 Å². The molecular weight excluding hydrogens is 221 g/mol. The summed E-state index contributed by atoms with van der Waals surface area (Å²) in [7, 11) is 0. The minimum absolute atomic E-state index is 0.244. The summed E-state index contributed by atoms with van der Waals surface area (Å²) in [6, 6.07) is 7.97. The maximum Gasteiger partial charge on any atom is 0.251 e. The van der Waals surface area contributed by atoms with Crippen molar-refractivity contribution >= 4 is 5.91 Å². The highest BCUT2D eigenvalue weighted by atomic mass is 19.1. The highest BCUT2D eigenvalue weighted by molar-refractivity contribution is 5.93. The minimum atomic E-state index is -0.671. The molecule has 2 rings (SSSR count). The Hall–Kier alpha value is -2.30. The molecule has 5 heteroatoms. The molecule has 0 spiro atoms. The molecule has 0 aliphatic carbocycles. The third-order valence-electron chi connectivity index (χ3n) is 2.14. The summed E-state index contributed by atoms with van der Waals surface area (Å²) >= 11 is 0. The molecule has 1 N–H and O–H groups in total. The zero-order valence-electron chi connectivity index (χ0n) is 8.93. The number of hydrogen-bond acceptors (Lipinski definition) is 3. The van der Waals surface area contributed by atoms with Crippen LogP contribution in [0.2, 0.25) is 0 Å². The fourth-order valence-electron chi connectivity index (χ4n) is 1.32. The molecule has 0 aromatic carbocycles. The van der Waals surface area contributed by atoms with Crippen LogP contribution < -0.4 is 5.32 Å². The number of pyridine rings is 2. The van der Waals surface area contributed by atoms with Gasteiger partial charge < -0.3 is 5.32 Å². The molecule has 2 heterocycles. The van der Waals surface area contributed by atoms with E-state index in [1.54, 1.807) is 18.3 Å². The quantitative estimate of drug-likeness (QED) is 0.815. The molecule has 17 heavy (non-hydrogen) atoms. The molecule has 2 aromatic rings. The summed E-state index contributed by atoms with van der Waals surface area (Å²) in [6.07, 6.45) is 2.90. The first kappa shape index (κ1) is 11.2. The summed E-state index contributed by atoms with van der Waals surface area (Å²) in [4.78, 5) is 19.1. The van der Waals surface area contributed by atoms with Gasteiger partial charge >= 0.3 is 0 Å². The van der Waals surface area contributed by atoms with Gasteiger partial charge in [-0.2, -0.15) is 4.39 Å². The molecule has 0 saturated carbocycles. The van der Waals surface area contributed by atoms with Gasteiger partial charge in [-0.25, -0.2) is 4.98 Å². The minimum Gasteiger partial charge on any atom is -0.346 e. The zero-order valence-corrected chi connectivity index (χ0v) is 8.93. The smallest absolute Gasteiger partial charge is 0.251 e. The summed E-state index contributed by atoms with van der Waals surface area (Å²) in [6.45, 7) is 0.309. The van der Waals surface area contributed by atoms with Crippen molar-refractivity contribution in [1.29, 1.82) is 0 Å². The average molecular weight is 231 g/mol. The monoisotopic (exact) mass is 231 g/mol. The van der Waals surface area contributed by atoms with Crippen LogP contribution in [0.4, 0.5) is 4.39 Å². The number of halogens is 1. The van der Waals surface area contributed by atoms with E-state index >= 15 is 0 Å². The Bertz CT molecular complexity index is 516. The predicted molar refractivity (Wildman–Crippen MR) is 59.6 cm³/mol. The van der Waals surface area contributed by atoms with Gasteiger partial charge in [0, 0.05) is 24.0 Å². The standard InChI is InChI=1S/C12H10FN3O/c13-11-7-9(4-6-15-11)12(17)16-8-10-3-1-2-5-14-10/h1-7H,8H2,(H,16,17). The summed E-state index contributed by atoms with van der Waals surface area (Å²) in [5.41, 5.74) is 0.990. The van der Waals surface area contributed by atoms with Crippen LogP contribution in [0.25, 0.3) is 0 Å². The maximum atomic E-state index is 12.8. The van der Waals surface area contributed by atoms with E-state index in [-0.39, 0.29) is 11.5 Å². The molecule has 86 valence electrons. The Labute approximate surface area is 97.5 Å². The number of rotatable bonds is 3. The van der Waals surface area contributed by atoms with E-state index in [0.29, 0.717) is 6.54 Å². The lowest BCUT2D eigenvalue weighted by Gasteiger charge is -2.04. The highest BCUT2D eigenvalue weighted by Gasteiger charge is 2.06. The number of nitrogens with zero attached hydrogens (tertiary/aromatic N) is 2. The molecular formula is C12H10FN3O. The van der Waals surface area contributed by atoms with Crippen molar-refractivity contribution in [3.8, 4) is 0 Å². The lowest BCUT2D eigenvalue weighted by atomic mass is 10.2. The molecule has 0 unspecified atom stereocenters. The number of hydrogen-bond donors (Lipinski definition) is 1. The van der Waals surface area contributed by atoms with Crippen LogP contribution in [0.1, 0.15) is 16.1 Å². The molecule has 2 aromatic heterocycles. The Balaban J connectivity index is 1.98. The van der Waals surface area contributed by atoms with Crippen LogP contribution in [0.3, 0.4) is 0 Å². The Morgan fingerprint density at radius 2 is 2.12 bits per heavy atom. The SMILES string of the molecule is O=C(NCc1ccccn1)c1ccnc(F)c1. The van der Waals surface area contributed by atoms with E-state index in [0.717, 1.165) is 11.8 Å². The van der Waals surface area contributed by atoms with Crippen molar-refractivity contribution in [2.45, 2.75) is 6.54 Å². The van der Waals surface area contributed by atoms with Crippen molar-refractivity contribution in [2.24, 2.45) is 0 Å². The highest BCUT2D eigenvalue weighted by Crippen LogP contribution is 2.01. The number of carbonyl (C=O) groups is 1. The van der Waals surface area contributed by atoms with E-state index in [1.165, 1.54) is 12.3 Å². The molecule has 1 amide bonds. The Morgan fingerprint density at radius 3 is 2.82 bits per heavy atom. The van der Waals surface area contributed by atoms with Gasteiger partial charge in [0.25, 0.3) is 5.91 Å². The van der Waals surface area contributed by atoms with Crippen LogP contribution >= 0.6 is 0 Å². The van der Waals surface area contributed by atoms with Crippen LogP contribution in [-0.2, 0) is 6.54 Å². The fraction of sp³-hybridized carbons (Fsp3) is 0.0833. The summed E-state index contributed by atoms with van der Waals surface area (Å²) in [5, 5.41) is 2.65. The second-order valence-corrected chi connectivity index (χ2v) is 3.37. The molecule has 0 bridgehead atoms. The third kappa shape index (κ3) is 3.07.